The normalized spacial score (nSPS) is 15.5. The van der Waals surface area contributed by atoms with E-state index in [1.807, 2.05) is 41.8 Å². The minimum absolute atomic E-state index is 0.0583. The minimum Gasteiger partial charge on any atom is -0.351 e. The fourth-order valence-corrected chi connectivity index (χ4v) is 5.21. The smallest absolute Gasteiger partial charge is 0.248 e. The summed E-state index contributed by atoms with van der Waals surface area (Å²) in [4.78, 5) is 29.7. The molecule has 0 saturated heterocycles. The van der Waals surface area contributed by atoms with Crippen molar-refractivity contribution in [1.29, 1.82) is 0 Å². The van der Waals surface area contributed by atoms with Crippen molar-refractivity contribution in [2.24, 2.45) is 0 Å². The zero-order valence-electron chi connectivity index (χ0n) is 18.6. The highest BCUT2D eigenvalue weighted by Crippen LogP contribution is 2.28. The van der Waals surface area contributed by atoms with Crippen molar-refractivity contribution in [2.45, 2.75) is 70.5 Å². The van der Waals surface area contributed by atoms with Crippen LogP contribution < -0.4 is 5.32 Å². The molecule has 2 amide bonds. The Kier molecular flexibility index (Phi) is 7.52. The molecule has 4 rings (SSSR count). The van der Waals surface area contributed by atoms with E-state index in [9.17, 15) is 9.59 Å². The second kappa shape index (κ2) is 10.7. The molecule has 8 heteroatoms. The zero-order chi connectivity index (χ0) is 22.3. The second-order valence-electron chi connectivity index (χ2n) is 8.44. The maximum atomic E-state index is 13.6. The van der Waals surface area contributed by atoms with Crippen LogP contribution in [0.5, 0.6) is 0 Å². The van der Waals surface area contributed by atoms with Gasteiger partial charge in [-0.15, -0.1) is 16.4 Å². The number of hydrogen-bond donors (Lipinski definition) is 1. The first-order valence-electron chi connectivity index (χ1n) is 11.6. The number of nitrogens with zero attached hydrogens (tertiary/aromatic N) is 4. The Morgan fingerprint density at radius 2 is 2.00 bits per heavy atom. The Balaban J connectivity index is 1.59. The van der Waals surface area contributed by atoms with Crippen LogP contribution >= 0.6 is 11.3 Å². The van der Waals surface area contributed by atoms with E-state index < -0.39 is 6.04 Å². The lowest BCUT2D eigenvalue weighted by Crippen LogP contribution is -2.48. The number of hydrogen-bond acceptors (Lipinski definition) is 5. The Morgan fingerprint density at radius 1 is 1.19 bits per heavy atom. The van der Waals surface area contributed by atoms with Crippen molar-refractivity contribution in [3.8, 4) is 0 Å². The Hall–Kier alpha value is -2.74. The molecule has 0 unspecified atom stereocenters. The van der Waals surface area contributed by atoms with Gasteiger partial charge >= 0.3 is 0 Å². The average Bonchev–Trinajstić information content (AvgIpc) is 3.48. The molecule has 1 atom stereocenters. The van der Waals surface area contributed by atoms with Gasteiger partial charge in [-0.1, -0.05) is 56.0 Å². The molecule has 0 radical (unpaired) electrons. The first kappa shape index (κ1) is 22.5. The molecule has 2 aromatic heterocycles. The summed E-state index contributed by atoms with van der Waals surface area (Å²) in [6.45, 7) is 2.68. The Bertz CT molecular complexity index is 1030. The van der Waals surface area contributed by atoms with E-state index in [0.717, 1.165) is 54.4 Å². The monoisotopic (exact) mass is 453 g/mol. The lowest BCUT2D eigenvalue weighted by molar-refractivity contribution is -0.141. The summed E-state index contributed by atoms with van der Waals surface area (Å²) in [6, 6.07) is 11.1. The van der Waals surface area contributed by atoms with Crippen molar-refractivity contribution in [2.75, 3.05) is 6.54 Å². The molecule has 1 saturated carbocycles. The summed E-state index contributed by atoms with van der Waals surface area (Å²) < 4.78 is 1.63. The molecular formula is C24H31N5O2S. The average molecular weight is 454 g/mol. The van der Waals surface area contributed by atoms with Gasteiger partial charge in [-0.3, -0.25) is 9.59 Å². The molecule has 0 bridgehead atoms. The molecule has 32 heavy (non-hydrogen) atoms. The SMILES string of the molecule is CCCCN(C(=O)Cn1nnc2ccccc21)[C@H](C(=O)NC1CCCCC1)c1cccs1. The van der Waals surface area contributed by atoms with E-state index in [2.05, 4.69) is 22.6 Å². The number of nitrogens with one attached hydrogen (secondary N) is 1. The van der Waals surface area contributed by atoms with Gasteiger partial charge in [0.15, 0.2) is 0 Å². The number of unbranched alkanes of at least 4 members (excludes halogenated alkanes) is 1. The van der Waals surface area contributed by atoms with E-state index in [4.69, 9.17) is 0 Å². The molecule has 7 nitrogen and oxygen atoms in total. The summed E-state index contributed by atoms with van der Waals surface area (Å²) in [7, 11) is 0. The number of amides is 2. The van der Waals surface area contributed by atoms with Crippen molar-refractivity contribution in [3.05, 3.63) is 46.7 Å². The number of carbonyl (C=O) groups is 2. The van der Waals surface area contributed by atoms with Crippen molar-refractivity contribution >= 4 is 34.2 Å². The third kappa shape index (κ3) is 5.18. The van der Waals surface area contributed by atoms with Crippen molar-refractivity contribution < 1.29 is 9.59 Å². The Labute approximate surface area is 192 Å². The number of rotatable bonds is 9. The van der Waals surface area contributed by atoms with Gasteiger partial charge in [0.05, 0.1) is 5.52 Å². The molecular weight excluding hydrogens is 422 g/mol. The van der Waals surface area contributed by atoms with Gasteiger partial charge in [0, 0.05) is 17.5 Å². The lowest BCUT2D eigenvalue weighted by atomic mass is 9.95. The minimum atomic E-state index is -0.620. The topological polar surface area (TPSA) is 80.1 Å². The lowest BCUT2D eigenvalue weighted by Gasteiger charge is -2.32. The molecule has 170 valence electrons. The summed E-state index contributed by atoms with van der Waals surface area (Å²) in [5.74, 6) is -0.196. The van der Waals surface area contributed by atoms with E-state index in [-0.39, 0.29) is 24.4 Å². The first-order valence-corrected chi connectivity index (χ1v) is 12.5. The molecule has 1 fully saturated rings. The molecule has 1 aliphatic rings. The fraction of sp³-hybridized carbons (Fsp3) is 0.500. The first-order chi connectivity index (χ1) is 15.7. The predicted octanol–water partition coefficient (Wildman–Crippen LogP) is 4.31. The zero-order valence-corrected chi connectivity index (χ0v) is 19.4. The van der Waals surface area contributed by atoms with Crippen LogP contribution in [0.3, 0.4) is 0 Å². The number of carbonyl (C=O) groups excluding carboxylic acids is 2. The molecule has 1 aromatic carbocycles. The highest BCUT2D eigenvalue weighted by Gasteiger charge is 2.33. The van der Waals surface area contributed by atoms with E-state index >= 15 is 0 Å². The number of thiophene rings is 1. The van der Waals surface area contributed by atoms with Gasteiger partial charge in [0.25, 0.3) is 0 Å². The quantitative estimate of drug-likeness (QED) is 0.523. The Morgan fingerprint density at radius 3 is 2.75 bits per heavy atom. The van der Waals surface area contributed by atoms with Crippen molar-refractivity contribution in [1.82, 2.24) is 25.2 Å². The maximum absolute atomic E-state index is 13.6. The van der Waals surface area contributed by atoms with Crippen LogP contribution in [0, 0.1) is 0 Å². The summed E-state index contributed by atoms with van der Waals surface area (Å²) >= 11 is 1.52. The van der Waals surface area contributed by atoms with Gasteiger partial charge in [0.1, 0.15) is 18.1 Å². The largest absolute Gasteiger partial charge is 0.351 e. The van der Waals surface area contributed by atoms with Gasteiger partial charge in [-0.25, -0.2) is 4.68 Å². The van der Waals surface area contributed by atoms with Gasteiger partial charge < -0.3 is 10.2 Å². The highest BCUT2D eigenvalue weighted by molar-refractivity contribution is 7.10. The summed E-state index contributed by atoms with van der Waals surface area (Å²) in [6.07, 6.45) is 7.32. The predicted molar refractivity (Wildman–Crippen MR) is 126 cm³/mol. The standard InChI is InChI=1S/C24H31N5O2S/c1-2-3-15-28(22(30)17-29-20-13-8-7-12-19(20)26-27-29)23(21-14-9-16-32-21)24(31)25-18-10-5-4-6-11-18/h7-9,12-14,16,18,23H,2-6,10-11,15,17H2,1H3,(H,25,31)/t23-/m0/s1. The van der Waals surface area contributed by atoms with E-state index in [1.165, 1.54) is 17.8 Å². The molecule has 0 aliphatic heterocycles. The maximum Gasteiger partial charge on any atom is 0.248 e. The van der Waals surface area contributed by atoms with Crippen LogP contribution in [0.4, 0.5) is 0 Å². The van der Waals surface area contributed by atoms with E-state index in [0.29, 0.717) is 6.54 Å². The van der Waals surface area contributed by atoms with Gasteiger partial charge in [-0.05, 0) is 42.8 Å². The molecule has 3 aromatic rings. The van der Waals surface area contributed by atoms with Crippen LogP contribution in [-0.4, -0.2) is 44.3 Å². The van der Waals surface area contributed by atoms with Crippen LogP contribution in [0.2, 0.25) is 0 Å². The molecule has 0 spiro atoms. The van der Waals surface area contributed by atoms with Gasteiger partial charge in [0.2, 0.25) is 11.8 Å². The number of fused-ring (bicyclic) bond motifs is 1. The molecule has 1 N–H and O–H groups in total. The van der Waals surface area contributed by atoms with Crippen LogP contribution in [0.1, 0.15) is 62.8 Å². The third-order valence-electron chi connectivity index (χ3n) is 6.10. The van der Waals surface area contributed by atoms with Crippen LogP contribution in [-0.2, 0) is 16.1 Å². The van der Waals surface area contributed by atoms with Gasteiger partial charge in [-0.2, -0.15) is 0 Å². The fourth-order valence-electron chi connectivity index (χ4n) is 4.38. The summed E-state index contributed by atoms with van der Waals surface area (Å²) in [5, 5.41) is 13.6. The third-order valence-corrected chi connectivity index (χ3v) is 7.03. The molecule has 1 aliphatic carbocycles. The van der Waals surface area contributed by atoms with Crippen LogP contribution in [0.25, 0.3) is 11.0 Å². The van der Waals surface area contributed by atoms with Crippen molar-refractivity contribution in [3.63, 3.8) is 0 Å². The highest BCUT2D eigenvalue weighted by atomic mass is 32.1. The number of para-hydroxylation sites is 1. The second-order valence-corrected chi connectivity index (χ2v) is 9.42. The number of aromatic nitrogens is 3. The number of benzene rings is 1. The summed E-state index contributed by atoms with van der Waals surface area (Å²) in [5.41, 5.74) is 1.57. The van der Waals surface area contributed by atoms with Crippen LogP contribution in [0.15, 0.2) is 41.8 Å². The molecule has 2 heterocycles. The van der Waals surface area contributed by atoms with E-state index in [1.54, 1.807) is 9.58 Å².